The van der Waals surface area contributed by atoms with Crippen LogP contribution in [0.3, 0.4) is 0 Å². The Kier molecular flexibility index (Phi) is 4.79. The molecule has 1 nitrogen and oxygen atoms in total. The zero-order valence-electron chi connectivity index (χ0n) is 8.46. The summed E-state index contributed by atoms with van der Waals surface area (Å²) in [4.78, 5) is 1.17. The molecule has 0 fully saturated rings. The van der Waals surface area contributed by atoms with Gasteiger partial charge in [0, 0.05) is 15.2 Å². The molecule has 14 heavy (non-hydrogen) atoms. The normalized spacial score (nSPS) is 12.9. The molecule has 0 saturated carbocycles. The number of benzene rings is 1. The molecular weight excluding hydrogens is 216 g/mol. The van der Waals surface area contributed by atoms with Crippen molar-refractivity contribution in [3.63, 3.8) is 0 Å². The molecule has 0 heterocycles. The van der Waals surface area contributed by atoms with Gasteiger partial charge in [0.05, 0.1) is 6.61 Å². The molecule has 1 atom stereocenters. The molecule has 0 radical (unpaired) electrons. The minimum absolute atomic E-state index is 0.225. The minimum Gasteiger partial charge on any atom is -0.395 e. The van der Waals surface area contributed by atoms with Gasteiger partial charge in [0.25, 0.3) is 0 Å². The number of halogens is 1. The molecule has 0 bridgehead atoms. The van der Waals surface area contributed by atoms with Crippen LogP contribution in [0.2, 0.25) is 5.02 Å². The van der Waals surface area contributed by atoms with E-state index < -0.39 is 0 Å². The summed E-state index contributed by atoms with van der Waals surface area (Å²) in [5, 5.41) is 10.1. The van der Waals surface area contributed by atoms with E-state index in [9.17, 15) is 0 Å². The Labute approximate surface area is 94.5 Å². The van der Waals surface area contributed by atoms with Gasteiger partial charge in [-0.1, -0.05) is 18.5 Å². The summed E-state index contributed by atoms with van der Waals surface area (Å²) in [5.74, 6) is 0. The highest BCUT2D eigenvalue weighted by Gasteiger charge is 2.07. The van der Waals surface area contributed by atoms with Gasteiger partial charge in [-0.3, -0.25) is 0 Å². The number of aryl methyl sites for hydroxylation is 1. The largest absolute Gasteiger partial charge is 0.395 e. The van der Waals surface area contributed by atoms with E-state index in [0.717, 1.165) is 17.0 Å². The highest BCUT2D eigenvalue weighted by Crippen LogP contribution is 2.28. The molecule has 0 aromatic heterocycles. The predicted octanol–water partition coefficient (Wildman–Crippen LogP) is 3.51. The van der Waals surface area contributed by atoms with E-state index in [1.54, 1.807) is 11.8 Å². The van der Waals surface area contributed by atoms with Crippen molar-refractivity contribution in [2.75, 3.05) is 6.61 Å². The van der Waals surface area contributed by atoms with Gasteiger partial charge in [0.15, 0.2) is 0 Å². The highest BCUT2D eigenvalue weighted by molar-refractivity contribution is 8.00. The van der Waals surface area contributed by atoms with E-state index in [1.165, 1.54) is 4.90 Å². The van der Waals surface area contributed by atoms with Crippen LogP contribution in [0.25, 0.3) is 0 Å². The van der Waals surface area contributed by atoms with Gasteiger partial charge in [0.2, 0.25) is 0 Å². The predicted molar refractivity (Wildman–Crippen MR) is 63.2 cm³/mol. The molecule has 1 aromatic rings. The number of aliphatic hydroxyl groups excluding tert-OH is 1. The molecule has 1 aromatic carbocycles. The Hall–Kier alpha value is -0.180. The molecule has 3 heteroatoms. The molecule has 78 valence electrons. The highest BCUT2D eigenvalue weighted by atomic mass is 35.5. The van der Waals surface area contributed by atoms with E-state index >= 15 is 0 Å². The monoisotopic (exact) mass is 230 g/mol. The molecule has 1 N–H and O–H groups in total. The number of aliphatic hydroxyl groups is 1. The molecular formula is C11H15ClOS. The first kappa shape index (κ1) is 11.9. The third-order valence-corrected chi connectivity index (χ3v) is 3.86. The van der Waals surface area contributed by atoms with Crippen molar-refractivity contribution in [2.45, 2.75) is 30.4 Å². The minimum atomic E-state index is 0.225. The molecule has 0 aliphatic heterocycles. The quantitative estimate of drug-likeness (QED) is 0.799. The summed E-state index contributed by atoms with van der Waals surface area (Å²) in [7, 11) is 0. The third kappa shape index (κ3) is 3.19. The second-order valence-corrected chi connectivity index (χ2v) is 5.02. The zero-order valence-corrected chi connectivity index (χ0v) is 10.0. The van der Waals surface area contributed by atoms with Gasteiger partial charge in [-0.05, 0) is 37.1 Å². The van der Waals surface area contributed by atoms with Crippen LogP contribution >= 0.6 is 23.4 Å². The molecule has 0 spiro atoms. The molecule has 0 aliphatic carbocycles. The van der Waals surface area contributed by atoms with Crippen molar-refractivity contribution < 1.29 is 5.11 Å². The van der Waals surface area contributed by atoms with Crippen LogP contribution in [0.4, 0.5) is 0 Å². The molecule has 0 aliphatic rings. The van der Waals surface area contributed by atoms with Gasteiger partial charge in [-0.15, -0.1) is 11.8 Å². The fourth-order valence-corrected chi connectivity index (χ4v) is 2.27. The van der Waals surface area contributed by atoms with Gasteiger partial charge in [-0.25, -0.2) is 0 Å². The van der Waals surface area contributed by atoms with E-state index in [-0.39, 0.29) is 11.9 Å². The molecule has 1 rings (SSSR count). The molecule has 1 unspecified atom stereocenters. The van der Waals surface area contributed by atoms with Gasteiger partial charge in [-0.2, -0.15) is 0 Å². The number of rotatable bonds is 4. The fourth-order valence-electron chi connectivity index (χ4n) is 1.13. The van der Waals surface area contributed by atoms with E-state index in [4.69, 9.17) is 16.7 Å². The number of thioether (sulfide) groups is 1. The fraction of sp³-hybridized carbons (Fsp3) is 0.455. The maximum absolute atomic E-state index is 9.06. The SMILES string of the molecule is CCC(CO)Sc1ccc(Cl)c(C)c1. The first-order valence-corrected chi connectivity index (χ1v) is 5.96. The zero-order chi connectivity index (χ0) is 10.6. The number of hydrogen-bond acceptors (Lipinski definition) is 2. The van der Waals surface area contributed by atoms with Crippen molar-refractivity contribution in [3.8, 4) is 0 Å². The standard InChI is InChI=1S/C11H15ClOS/c1-3-9(7-13)14-10-4-5-11(12)8(2)6-10/h4-6,9,13H,3,7H2,1-2H3. The Balaban J connectivity index is 2.72. The number of hydrogen-bond donors (Lipinski definition) is 1. The Morgan fingerprint density at radius 3 is 2.71 bits per heavy atom. The smallest absolute Gasteiger partial charge is 0.0553 e. The summed E-state index contributed by atoms with van der Waals surface area (Å²) < 4.78 is 0. The van der Waals surface area contributed by atoms with Crippen molar-refractivity contribution in [3.05, 3.63) is 28.8 Å². The Morgan fingerprint density at radius 2 is 2.21 bits per heavy atom. The van der Waals surface area contributed by atoms with Gasteiger partial charge >= 0.3 is 0 Å². The van der Waals surface area contributed by atoms with Crippen LogP contribution in [0, 0.1) is 6.92 Å². The second kappa shape index (κ2) is 5.64. The van der Waals surface area contributed by atoms with Crippen molar-refractivity contribution >= 4 is 23.4 Å². The maximum Gasteiger partial charge on any atom is 0.0553 e. The molecule has 0 saturated heterocycles. The van der Waals surface area contributed by atoms with Crippen LogP contribution < -0.4 is 0 Å². The van der Waals surface area contributed by atoms with Crippen LogP contribution in [0.15, 0.2) is 23.1 Å². The van der Waals surface area contributed by atoms with Gasteiger partial charge in [0.1, 0.15) is 0 Å². The third-order valence-electron chi connectivity index (χ3n) is 2.09. The van der Waals surface area contributed by atoms with Gasteiger partial charge < -0.3 is 5.11 Å². The van der Waals surface area contributed by atoms with E-state index in [1.807, 2.05) is 19.1 Å². The Bertz CT molecular complexity index is 297. The van der Waals surface area contributed by atoms with Crippen LogP contribution in [0.5, 0.6) is 0 Å². The topological polar surface area (TPSA) is 20.2 Å². The molecule has 0 amide bonds. The van der Waals surface area contributed by atoms with Crippen molar-refractivity contribution in [1.29, 1.82) is 0 Å². The first-order valence-electron chi connectivity index (χ1n) is 4.71. The first-order chi connectivity index (χ1) is 6.67. The lowest BCUT2D eigenvalue weighted by Gasteiger charge is -2.11. The van der Waals surface area contributed by atoms with Crippen molar-refractivity contribution in [2.24, 2.45) is 0 Å². The lowest BCUT2D eigenvalue weighted by atomic mass is 10.2. The maximum atomic E-state index is 9.06. The van der Waals surface area contributed by atoms with Crippen LogP contribution in [0.1, 0.15) is 18.9 Å². The average Bonchev–Trinajstić information content (AvgIpc) is 2.19. The van der Waals surface area contributed by atoms with Crippen LogP contribution in [-0.2, 0) is 0 Å². The summed E-state index contributed by atoms with van der Waals surface area (Å²) in [6.45, 7) is 4.30. The summed E-state index contributed by atoms with van der Waals surface area (Å²) >= 11 is 7.63. The van der Waals surface area contributed by atoms with E-state index in [2.05, 4.69) is 13.0 Å². The van der Waals surface area contributed by atoms with Crippen molar-refractivity contribution in [1.82, 2.24) is 0 Å². The summed E-state index contributed by atoms with van der Waals surface area (Å²) in [6, 6.07) is 5.97. The lowest BCUT2D eigenvalue weighted by Crippen LogP contribution is -2.05. The summed E-state index contributed by atoms with van der Waals surface area (Å²) in [5.41, 5.74) is 1.09. The van der Waals surface area contributed by atoms with E-state index in [0.29, 0.717) is 0 Å². The summed E-state index contributed by atoms with van der Waals surface area (Å²) in [6.07, 6.45) is 0.975. The lowest BCUT2D eigenvalue weighted by molar-refractivity contribution is 0.292. The van der Waals surface area contributed by atoms with Crippen LogP contribution in [-0.4, -0.2) is 17.0 Å². The average molecular weight is 231 g/mol. The second-order valence-electron chi connectivity index (χ2n) is 3.24. The Morgan fingerprint density at radius 1 is 1.50 bits per heavy atom.